The van der Waals surface area contributed by atoms with Gasteiger partial charge in [-0.2, -0.15) is 0 Å². The van der Waals surface area contributed by atoms with Crippen LogP contribution in [-0.2, 0) is 5.41 Å². The topological polar surface area (TPSA) is 29.5 Å². The van der Waals surface area contributed by atoms with Gasteiger partial charge in [-0.3, -0.25) is 0 Å². The number of hydrogen-bond acceptors (Lipinski definition) is 3. The molecular formula is C61H39NO2. The Balaban J connectivity index is 0.995. The van der Waals surface area contributed by atoms with Gasteiger partial charge in [-0.25, -0.2) is 0 Å². The Morgan fingerprint density at radius 3 is 1.27 bits per heavy atom. The molecule has 2 heterocycles. The van der Waals surface area contributed by atoms with Gasteiger partial charge < -0.3 is 13.7 Å². The van der Waals surface area contributed by atoms with E-state index in [1.54, 1.807) is 0 Å². The maximum Gasteiger partial charge on any atom is 0.143 e. The predicted molar refractivity (Wildman–Crippen MR) is 264 cm³/mol. The molecule has 3 nitrogen and oxygen atoms in total. The van der Waals surface area contributed by atoms with Gasteiger partial charge in [0.05, 0.1) is 5.41 Å². The van der Waals surface area contributed by atoms with Gasteiger partial charge in [-0.15, -0.1) is 0 Å². The van der Waals surface area contributed by atoms with Crippen LogP contribution in [0.4, 0.5) is 17.1 Å². The fourth-order valence-electron chi connectivity index (χ4n) is 10.5. The number of para-hydroxylation sites is 4. The molecule has 300 valence electrons. The smallest absolute Gasteiger partial charge is 0.143 e. The summed E-state index contributed by atoms with van der Waals surface area (Å²) < 4.78 is 13.0. The van der Waals surface area contributed by atoms with Gasteiger partial charge in [0.2, 0.25) is 0 Å². The van der Waals surface area contributed by atoms with E-state index in [1.807, 2.05) is 24.3 Å². The quantitative estimate of drug-likeness (QED) is 0.160. The summed E-state index contributed by atoms with van der Waals surface area (Å²) in [6, 6.07) is 85.3. The molecule has 0 N–H and O–H groups in total. The first-order valence-corrected chi connectivity index (χ1v) is 21.9. The van der Waals surface area contributed by atoms with E-state index in [-0.39, 0.29) is 0 Å². The lowest BCUT2D eigenvalue weighted by molar-refractivity contribution is 0.669. The van der Waals surface area contributed by atoms with E-state index in [9.17, 15) is 0 Å². The molecule has 2 aromatic heterocycles. The molecule has 0 saturated heterocycles. The maximum absolute atomic E-state index is 6.49. The number of furan rings is 2. The van der Waals surface area contributed by atoms with Gasteiger partial charge in [0, 0.05) is 49.7 Å². The molecule has 10 aromatic carbocycles. The fraction of sp³-hybridized carbons (Fsp3) is 0.0164. The minimum Gasteiger partial charge on any atom is -0.455 e. The van der Waals surface area contributed by atoms with Crippen LogP contribution in [0.15, 0.2) is 245 Å². The molecule has 1 aliphatic carbocycles. The fourth-order valence-corrected chi connectivity index (χ4v) is 10.5. The Labute approximate surface area is 370 Å². The largest absolute Gasteiger partial charge is 0.455 e. The number of rotatable bonds is 7. The summed E-state index contributed by atoms with van der Waals surface area (Å²) in [5.41, 5.74) is 18.1. The second kappa shape index (κ2) is 14.3. The van der Waals surface area contributed by atoms with Crippen molar-refractivity contribution in [2.75, 3.05) is 4.90 Å². The van der Waals surface area contributed by atoms with Crippen LogP contribution in [0.2, 0.25) is 0 Å². The normalized spacial score (nSPS) is 12.8. The molecule has 0 saturated carbocycles. The number of anilines is 3. The monoisotopic (exact) mass is 817 g/mol. The minimum absolute atomic E-state index is 0.527. The minimum atomic E-state index is -0.527. The zero-order valence-corrected chi connectivity index (χ0v) is 34.8. The van der Waals surface area contributed by atoms with E-state index in [0.717, 1.165) is 83.2 Å². The molecule has 13 rings (SSSR count). The van der Waals surface area contributed by atoms with E-state index in [0.29, 0.717) is 0 Å². The van der Waals surface area contributed by atoms with Crippen LogP contribution in [0, 0.1) is 0 Å². The molecule has 0 spiro atoms. The van der Waals surface area contributed by atoms with Crippen molar-refractivity contribution in [1.82, 2.24) is 0 Å². The Kier molecular flexibility index (Phi) is 8.13. The molecule has 0 fully saturated rings. The summed E-state index contributed by atoms with van der Waals surface area (Å²) in [4.78, 5) is 2.39. The zero-order valence-electron chi connectivity index (χ0n) is 34.8. The van der Waals surface area contributed by atoms with Gasteiger partial charge >= 0.3 is 0 Å². The van der Waals surface area contributed by atoms with Crippen molar-refractivity contribution in [3.05, 3.63) is 259 Å². The molecule has 0 radical (unpaired) electrons. The molecule has 0 bridgehead atoms. The van der Waals surface area contributed by atoms with Crippen LogP contribution in [-0.4, -0.2) is 0 Å². The third-order valence-electron chi connectivity index (χ3n) is 13.4. The van der Waals surface area contributed by atoms with E-state index < -0.39 is 5.41 Å². The highest BCUT2D eigenvalue weighted by Crippen LogP contribution is 2.57. The van der Waals surface area contributed by atoms with Crippen molar-refractivity contribution in [2.45, 2.75) is 5.41 Å². The van der Waals surface area contributed by atoms with Crippen LogP contribution in [0.3, 0.4) is 0 Å². The van der Waals surface area contributed by atoms with Crippen LogP contribution in [0.25, 0.3) is 77.3 Å². The highest BCUT2D eigenvalue weighted by Gasteiger charge is 2.46. The molecule has 12 aromatic rings. The SMILES string of the molecule is c1ccc(C2(c3ccccc3)c3ccccc3-c3ccc(N(c4ccc(-c5cccc6c5oc5ccccc56)cc4)c4ccc(-c5cccc6c5oc5ccccc56)cc4)cc32)cc1. The predicted octanol–water partition coefficient (Wildman–Crippen LogP) is 16.7. The summed E-state index contributed by atoms with van der Waals surface area (Å²) in [6.45, 7) is 0. The van der Waals surface area contributed by atoms with Crippen molar-refractivity contribution in [1.29, 1.82) is 0 Å². The first-order valence-electron chi connectivity index (χ1n) is 21.9. The second-order valence-electron chi connectivity index (χ2n) is 16.7. The summed E-state index contributed by atoms with van der Waals surface area (Å²) >= 11 is 0. The zero-order chi connectivity index (χ0) is 42.2. The average Bonchev–Trinajstić information content (AvgIpc) is 4.04. The molecular weight excluding hydrogens is 779 g/mol. The molecule has 1 aliphatic rings. The molecule has 0 amide bonds. The Morgan fingerprint density at radius 2 is 0.719 bits per heavy atom. The maximum atomic E-state index is 6.49. The van der Waals surface area contributed by atoms with Crippen molar-refractivity contribution < 1.29 is 8.83 Å². The second-order valence-corrected chi connectivity index (χ2v) is 16.7. The summed E-state index contributed by atoms with van der Waals surface area (Å²) in [7, 11) is 0. The Hall–Kier alpha value is -8.40. The van der Waals surface area contributed by atoms with Crippen molar-refractivity contribution in [3.8, 4) is 33.4 Å². The van der Waals surface area contributed by atoms with Crippen molar-refractivity contribution in [3.63, 3.8) is 0 Å². The van der Waals surface area contributed by atoms with E-state index in [1.165, 1.54) is 33.4 Å². The molecule has 64 heavy (non-hydrogen) atoms. The summed E-state index contributed by atoms with van der Waals surface area (Å²) in [6.07, 6.45) is 0. The Morgan fingerprint density at radius 1 is 0.297 bits per heavy atom. The first-order chi connectivity index (χ1) is 31.7. The van der Waals surface area contributed by atoms with Crippen LogP contribution >= 0.6 is 0 Å². The number of hydrogen-bond donors (Lipinski definition) is 0. The van der Waals surface area contributed by atoms with Crippen molar-refractivity contribution in [2.24, 2.45) is 0 Å². The van der Waals surface area contributed by atoms with E-state index in [2.05, 4.69) is 217 Å². The highest BCUT2D eigenvalue weighted by atomic mass is 16.3. The molecule has 0 atom stereocenters. The number of benzene rings is 10. The van der Waals surface area contributed by atoms with Gasteiger partial charge in [0.1, 0.15) is 22.3 Å². The standard InChI is InChI=1S/C61H39NO2/c1-3-15-42(16-4-1)61(43-17-5-2-6-18-43)55-26-10-7-19-49(55)50-38-37-46(39-56(50)61)62(44-33-29-40(30-34-44)47-22-13-24-53-51-20-8-11-27-57(51)63-59(47)53)45-35-31-41(32-36-45)48-23-14-25-54-52-21-9-12-28-58(52)64-60(48)54/h1-39H. The van der Waals surface area contributed by atoms with Gasteiger partial charge in [0.25, 0.3) is 0 Å². The van der Waals surface area contributed by atoms with E-state index in [4.69, 9.17) is 8.83 Å². The van der Waals surface area contributed by atoms with Gasteiger partial charge in [0.15, 0.2) is 0 Å². The molecule has 0 aliphatic heterocycles. The molecule has 3 heteroatoms. The summed E-state index contributed by atoms with van der Waals surface area (Å²) in [5.74, 6) is 0. The summed E-state index contributed by atoms with van der Waals surface area (Å²) in [5, 5.41) is 4.50. The Bertz CT molecular complexity index is 3520. The first kappa shape index (κ1) is 36.3. The lowest BCUT2D eigenvalue weighted by Crippen LogP contribution is -2.28. The number of fused-ring (bicyclic) bond motifs is 9. The number of nitrogens with zero attached hydrogens (tertiary/aromatic N) is 1. The van der Waals surface area contributed by atoms with Gasteiger partial charge in [-0.1, -0.05) is 188 Å². The van der Waals surface area contributed by atoms with E-state index >= 15 is 0 Å². The lowest BCUT2D eigenvalue weighted by Gasteiger charge is -2.35. The highest BCUT2D eigenvalue weighted by molar-refractivity contribution is 6.10. The van der Waals surface area contributed by atoms with Gasteiger partial charge in [-0.05, 0) is 93.0 Å². The van der Waals surface area contributed by atoms with Crippen LogP contribution in [0.1, 0.15) is 22.3 Å². The van der Waals surface area contributed by atoms with Crippen molar-refractivity contribution >= 4 is 60.9 Å². The third kappa shape index (κ3) is 5.41. The lowest BCUT2D eigenvalue weighted by atomic mass is 9.67. The van der Waals surface area contributed by atoms with Crippen LogP contribution < -0.4 is 4.90 Å². The molecule has 0 unspecified atom stereocenters. The van der Waals surface area contributed by atoms with Crippen LogP contribution in [0.5, 0.6) is 0 Å². The average molecular weight is 818 g/mol. The third-order valence-corrected chi connectivity index (χ3v) is 13.4.